The molecule has 0 saturated carbocycles. The second kappa shape index (κ2) is 6.72. The van der Waals surface area contributed by atoms with Gasteiger partial charge in [0.15, 0.2) is 0 Å². The lowest BCUT2D eigenvalue weighted by atomic mass is 10.0. The molecule has 3 heteroatoms. The van der Waals surface area contributed by atoms with E-state index in [9.17, 15) is 0 Å². The van der Waals surface area contributed by atoms with Crippen LogP contribution in [-0.2, 0) is 0 Å². The Kier molecular flexibility index (Phi) is 5.26. The standard InChI is InChI=1S/C14H29N3/c1-3-15-13-7-5-9-16(11-13)12-14-8-6-10-17(14)4-2/h13-15H,3-12H2,1-2H3. The van der Waals surface area contributed by atoms with E-state index in [4.69, 9.17) is 0 Å². The van der Waals surface area contributed by atoms with E-state index in [1.807, 2.05) is 0 Å². The molecule has 2 aliphatic heterocycles. The summed E-state index contributed by atoms with van der Waals surface area (Å²) in [5.41, 5.74) is 0. The molecule has 2 saturated heterocycles. The van der Waals surface area contributed by atoms with Crippen molar-refractivity contribution in [1.29, 1.82) is 0 Å². The van der Waals surface area contributed by atoms with E-state index >= 15 is 0 Å². The average Bonchev–Trinajstić information content (AvgIpc) is 2.77. The number of hydrogen-bond acceptors (Lipinski definition) is 3. The van der Waals surface area contributed by atoms with Crippen molar-refractivity contribution in [2.24, 2.45) is 0 Å². The number of likely N-dealkylation sites (N-methyl/N-ethyl adjacent to an activating group) is 2. The number of piperidine rings is 1. The highest BCUT2D eigenvalue weighted by Crippen LogP contribution is 2.19. The third-order valence-corrected chi connectivity index (χ3v) is 4.37. The minimum absolute atomic E-state index is 0.741. The van der Waals surface area contributed by atoms with E-state index in [2.05, 4.69) is 29.0 Å². The van der Waals surface area contributed by atoms with Crippen LogP contribution in [0.4, 0.5) is 0 Å². The molecule has 0 amide bonds. The van der Waals surface area contributed by atoms with Gasteiger partial charge in [0, 0.05) is 25.2 Å². The van der Waals surface area contributed by atoms with Crippen LogP contribution in [0.2, 0.25) is 0 Å². The topological polar surface area (TPSA) is 18.5 Å². The van der Waals surface area contributed by atoms with Crippen molar-refractivity contribution in [3.05, 3.63) is 0 Å². The van der Waals surface area contributed by atoms with Gasteiger partial charge in [0.1, 0.15) is 0 Å². The summed E-state index contributed by atoms with van der Waals surface area (Å²) in [6, 6.07) is 1.57. The van der Waals surface area contributed by atoms with E-state index in [0.29, 0.717) is 0 Å². The number of hydrogen-bond donors (Lipinski definition) is 1. The summed E-state index contributed by atoms with van der Waals surface area (Å²) < 4.78 is 0. The highest BCUT2D eigenvalue weighted by atomic mass is 15.2. The zero-order chi connectivity index (χ0) is 12.1. The van der Waals surface area contributed by atoms with Crippen LogP contribution in [0.15, 0.2) is 0 Å². The summed E-state index contributed by atoms with van der Waals surface area (Å²) in [6.07, 6.45) is 5.56. The zero-order valence-electron chi connectivity index (χ0n) is 11.6. The fraction of sp³-hybridized carbons (Fsp3) is 1.00. The van der Waals surface area contributed by atoms with E-state index in [-0.39, 0.29) is 0 Å². The zero-order valence-corrected chi connectivity index (χ0v) is 11.6. The van der Waals surface area contributed by atoms with Gasteiger partial charge in [-0.3, -0.25) is 4.90 Å². The molecule has 0 spiro atoms. The van der Waals surface area contributed by atoms with Gasteiger partial charge >= 0.3 is 0 Å². The molecule has 2 atom stereocenters. The SMILES string of the molecule is CCNC1CCCN(CC2CCCN2CC)C1. The Balaban J connectivity index is 1.77. The molecular weight excluding hydrogens is 210 g/mol. The molecule has 0 radical (unpaired) electrons. The Hall–Kier alpha value is -0.120. The van der Waals surface area contributed by atoms with Crippen molar-refractivity contribution in [1.82, 2.24) is 15.1 Å². The normalized spacial score (nSPS) is 32.1. The Morgan fingerprint density at radius 3 is 2.71 bits per heavy atom. The summed E-state index contributed by atoms with van der Waals surface area (Å²) in [6.45, 7) is 12.1. The van der Waals surface area contributed by atoms with Crippen LogP contribution < -0.4 is 5.32 Å². The van der Waals surface area contributed by atoms with Crippen molar-refractivity contribution >= 4 is 0 Å². The van der Waals surface area contributed by atoms with Crippen LogP contribution in [0.1, 0.15) is 39.5 Å². The molecule has 2 unspecified atom stereocenters. The molecule has 0 aromatic carbocycles. The molecule has 0 aromatic heterocycles. The average molecular weight is 239 g/mol. The van der Waals surface area contributed by atoms with Gasteiger partial charge in [-0.15, -0.1) is 0 Å². The molecular formula is C14H29N3. The molecule has 0 bridgehead atoms. The third kappa shape index (κ3) is 3.67. The highest BCUT2D eigenvalue weighted by molar-refractivity contribution is 4.85. The van der Waals surface area contributed by atoms with Crippen molar-refractivity contribution in [2.75, 3.05) is 39.3 Å². The van der Waals surface area contributed by atoms with Crippen LogP contribution >= 0.6 is 0 Å². The van der Waals surface area contributed by atoms with Crippen molar-refractivity contribution < 1.29 is 0 Å². The first-order valence-corrected chi connectivity index (χ1v) is 7.53. The van der Waals surface area contributed by atoms with Gasteiger partial charge in [-0.1, -0.05) is 13.8 Å². The largest absolute Gasteiger partial charge is 0.313 e. The molecule has 100 valence electrons. The van der Waals surface area contributed by atoms with Crippen LogP contribution in [0.25, 0.3) is 0 Å². The van der Waals surface area contributed by atoms with Gasteiger partial charge < -0.3 is 10.2 Å². The third-order valence-electron chi connectivity index (χ3n) is 4.37. The van der Waals surface area contributed by atoms with Gasteiger partial charge in [0.05, 0.1) is 0 Å². The van der Waals surface area contributed by atoms with Crippen molar-refractivity contribution in [3.63, 3.8) is 0 Å². The van der Waals surface area contributed by atoms with Crippen LogP contribution in [-0.4, -0.2) is 61.2 Å². The monoisotopic (exact) mass is 239 g/mol. The first kappa shape index (κ1) is 13.3. The summed E-state index contributed by atoms with van der Waals surface area (Å²) in [5, 5.41) is 3.61. The maximum absolute atomic E-state index is 3.61. The minimum atomic E-state index is 0.741. The van der Waals surface area contributed by atoms with E-state index < -0.39 is 0 Å². The fourth-order valence-electron chi connectivity index (χ4n) is 3.49. The lowest BCUT2D eigenvalue weighted by Gasteiger charge is -2.36. The van der Waals surface area contributed by atoms with Crippen molar-refractivity contribution in [2.45, 2.75) is 51.6 Å². The summed E-state index contributed by atoms with van der Waals surface area (Å²) >= 11 is 0. The second-order valence-electron chi connectivity index (χ2n) is 5.58. The molecule has 2 rings (SSSR count). The molecule has 3 nitrogen and oxygen atoms in total. The summed E-state index contributed by atoms with van der Waals surface area (Å²) in [5.74, 6) is 0. The molecule has 0 aliphatic carbocycles. The summed E-state index contributed by atoms with van der Waals surface area (Å²) in [7, 11) is 0. The van der Waals surface area contributed by atoms with Gasteiger partial charge in [0.2, 0.25) is 0 Å². The number of nitrogens with zero attached hydrogens (tertiary/aromatic N) is 2. The van der Waals surface area contributed by atoms with Crippen LogP contribution in [0.5, 0.6) is 0 Å². The molecule has 0 aromatic rings. The van der Waals surface area contributed by atoms with E-state index in [0.717, 1.165) is 18.6 Å². The molecule has 17 heavy (non-hydrogen) atoms. The maximum atomic E-state index is 3.61. The quantitative estimate of drug-likeness (QED) is 0.785. The predicted molar refractivity (Wildman–Crippen MR) is 73.4 cm³/mol. The minimum Gasteiger partial charge on any atom is -0.313 e. The van der Waals surface area contributed by atoms with Crippen molar-refractivity contribution in [3.8, 4) is 0 Å². The number of nitrogens with one attached hydrogen (secondary N) is 1. The van der Waals surface area contributed by atoms with Crippen LogP contribution in [0, 0.1) is 0 Å². The van der Waals surface area contributed by atoms with Gasteiger partial charge in [-0.25, -0.2) is 0 Å². The van der Waals surface area contributed by atoms with Gasteiger partial charge in [0.25, 0.3) is 0 Å². The number of rotatable bonds is 5. The van der Waals surface area contributed by atoms with E-state index in [1.54, 1.807) is 0 Å². The smallest absolute Gasteiger partial charge is 0.0223 e. The Labute approximate surface area is 107 Å². The predicted octanol–water partition coefficient (Wildman–Crippen LogP) is 1.54. The first-order chi connectivity index (χ1) is 8.33. The van der Waals surface area contributed by atoms with E-state index in [1.165, 1.54) is 58.4 Å². The highest BCUT2D eigenvalue weighted by Gasteiger charge is 2.27. The second-order valence-corrected chi connectivity index (χ2v) is 5.58. The molecule has 1 N–H and O–H groups in total. The molecule has 2 fully saturated rings. The lowest BCUT2D eigenvalue weighted by molar-refractivity contribution is 0.139. The fourth-order valence-corrected chi connectivity index (χ4v) is 3.49. The lowest BCUT2D eigenvalue weighted by Crippen LogP contribution is -2.49. The Morgan fingerprint density at radius 1 is 1.12 bits per heavy atom. The van der Waals surface area contributed by atoms with Gasteiger partial charge in [-0.2, -0.15) is 0 Å². The Bertz CT molecular complexity index is 218. The molecule has 2 aliphatic rings. The van der Waals surface area contributed by atoms with Gasteiger partial charge in [-0.05, 0) is 51.9 Å². The maximum Gasteiger partial charge on any atom is 0.0223 e. The Morgan fingerprint density at radius 2 is 1.94 bits per heavy atom. The summed E-state index contributed by atoms with van der Waals surface area (Å²) in [4.78, 5) is 5.35. The molecule has 2 heterocycles. The number of likely N-dealkylation sites (tertiary alicyclic amines) is 2. The van der Waals surface area contributed by atoms with Crippen LogP contribution in [0.3, 0.4) is 0 Å². The first-order valence-electron chi connectivity index (χ1n) is 7.53.